The van der Waals surface area contributed by atoms with Gasteiger partial charge in [0.1, 0.15) is 82.6 Å². The smallest absolute Gasteiger partial charge is 0.409 e. The highest BCUT2D eigenvalue weighted by Gasteiger charge is 2.43. The Kier molecular flexibility index (Phi) is 33.5. The number of methoxy groups -OCH3 is 2. The zero-order valence-electron chi connectivity index (χ0n) is 76.2. The van der Waals surface area contributed by atoms with Gasteiger partial charge < -0.3 is 48.2 Å². The first-order chi connectivity index (χ1) is 67.6. The molecule has 3 atom stereocenters. The summed E-state index contributed by atoms with van der Waals surface area (Å²) in [5, 5.41) is 107. The van der Waals surface area contributed by atoms with E-state index in [4.69, 9.17) is 66.4 Å². The van der Waals surface area contributed by atoms with Gasteiger partial charge in [-0.15, -0.1) is 5.10 Å². The number of nitrogens with zero attached hydrogens (tertiary/aromatic N) is 26. The van der Waals surface area contributed by atoms with Crippen molar-refractivity contribution in [3.63, 3.8) is 0 Å². The molecule has 0 saturated carbocycles. The molecule has 138 heavy (non-hydrogen) atoms. The van der Waals surface area contributed by atoms with E-state index in [9.17, 15) is 4.79 Å². The Morgan fingerprint density at radius 1 is 0.428 bits per heavy atom. The first-order valence-electron chi connectivity index (χ1n) is 43.7. The highest BCUT2D eigenvalue weighted by Crippen LogP contribution is 2.40. The van der Waals surface area contributed by atoms with Crippen LogP contribution in [0.3, 0.4) is 0 Å². The minimum Gasteiger partial charge on any atom is -0.412 e. The first-order valence-corrected chi connectivity index (χ1v) is 43.7. The van der Waals surface area contributed by atoms with Crippen molar-refractivity contribution in [2.45, 2.75) is 107 Å². The molecule has 684 valence electrons. The van der Waals surface area contributed by atoms with Crippen molar-refractivity contribution in [2.24, 2.45) is 10.3 Å². The third kappa shape index (κ3) is 22.6. The fourth-order valence-electron chi connectivity index (χ4n) is 16.7. The minimum absolute atomic E-state index is 0.238. The van der Waals surface area contributed by atoms with Gasteiger partial charge in [-0.25, -0.2) is 48.7 Å². The molecule has 0 fully saturated rings. The van der Waals surface area contributed by atoms with Crippen LogP contribution in [0.5, 0.6) is 0 Å². The summed E-state index contributed by atoms with van der Waals surface area (Å²) in [6, 6.07) is 85.2. The van der Waals surface area contributed by atoms with Crippen LogP contribution >= 0.6 is 0 Å². The molecular formula is C104H92N28O6. The van der Waals surface area contributed by atoms with Gasteiger partial charge in [0.05, 0.1) is 129 Å². The molecule has 34 nitrogen and oxygen atoms in total. The largest absolute Gasteiger partial charge is 0.412 e. The van der Waals surface area contributed by atoms with Crippen LogP contribution in [0.1, 0.15) is 203 Å². The summed E-state index contributed by atoms with van der Waals surface area (Å²) in [7, 11) is 9.64. The van der Waals surface area contributed by atoms with E-state index >= 15 is 0 Å². The number of imidazole rings is 3. The van der Waals surface area contributed by atoms with Crippen LogP contribution in [-0.2, 0) is 67.7 Å². The van der Waals surface area contributed by atoms with Crippen LogP contribution in [0.15, 0.2) is 279 Å². The lowest BCUT2D eigenvalue weighted by atomic mass is 9.92. The number of carbonyl (C=O) groups is 1. The van der Waals surface area contributed by atoms with Crippen LogP contribution in [0.25, 0.3) is 0 Å². The van der Waals surface area contributed by atoms with Crippen LogP contribution in [0, 0.1) is 102 Å². The summed E-state index contributed by atoms with van der Waals surface area (Å²) in [6.45, 7) is 1.32. The molecule has 9 heterocycles. The van der Waals surface area contributed by atoms with E-state index in [2.05, 4.69) is 164 Å². The lowest BCUT2D eigenvalue weighted by Gasteiger charge is -2.34. The number of amides is 1. The normalized spacial score (nSPS) is 13.7. The molecule has 18 rings (SSSR count). The minimum atomic E-state index is -1.47. The van der Waals surface area contributed by atoms with E-state index in [0.29, 0.717) is 85.7 Å². The van der Waals surface area contributed by atoms with Gasteiger partial charge in [-0.2, -0.15) is 57.6 Å². The number of fused-ring (bicyclic) bond motifs is 3. The predicted molar refractivity (Wildman–Crippen MR) is 505 cm³/mol. The van der Waals surface area contributed by atoms with Crippen molar-refractivity contribution < 1.29 is 28.7 Å². The van der Waals surface area contributed by atoms with Crippen molar-refractivity contribution in [2.75, 3.05) is 42.5 Å². The molecule has 3 unspecified atom stereocenters. The van der Waals surface area contributed by atoms with Crippen LogP contribution < -0.4 is 10.6 Å². The van der Waals surface area contributed by atoms with E-state index in [1.54, 1.807) is 140 Å². The van der Waals surface area contributed by atoms with Crippen molar-refractivity contribution >= 4 is 18.5 Å². The van der Waals surface area contributed by atoms with Crippen molar-refractivity contribution in [1.29, 1.82) is 47.4 Å². The van der Waals surface area contributed by atoms with Gasteiger partial charge in [-0.1, -0.05) is 120 Å². The second-order valence-electron chi connectivity index (χ2n) is 31.3. The summed E-state index contributed by atoms with van der Waals surface area (Å²) in [5.41, 5.74) is 14.9. The van der Waals surface area contributed by atoms with E-state index in [1.165, 1.54) is 97.8 Å². The Bertz CT molecular complexity index is 6760. The average molecular weight is 1830 g/mol. The number of rotatable bonds is 22. The average Bonchev–Trinajstić information content (AvgIpc) is 1.19. The van der Waals surface area contributed by atoms with E-state index < -0.39 is 17.5 Å². The third-order valence-electron chi connectivity index (χ3n) is 23.2. The number of hydrogen-bond acceptors (Lipinski definition) is 27. The van der Waals surface area contributed by atoms with Crippen LogP contribution in [-0.4, -0.2) is 134 Å². The van der Waals surface area contributed by atoms with Gasteiger partial charge in [0.15, 0.2) is 11.6 Å². The molecule has 3 aliphatic heterocycles. The Labute approximate surface area is 796 Å². The van der Waals surface area contributed by atoms with Gasteiger partial charge >= 0.3 is 6.09 Å². The monoisotopic (exact) mass is 1830 g/mol. The van der Waals surface area contributed by atoms with Crippen molar-refractivity contribution in [1.82, 2.24) is 83.6 Å². The SMILES string of the molecule is CNC(=O)OC(c1ccc(C#N)cc1)(c1ccc(C#N)cc1)n1cncn1.CNCc1ncc2n1C(c1ccc(C#N)cc1)CCC2.CO/N=C/c1ncc2n1C(c1ccc(C#N)cc1)CCC2.CO/N=C/c1ncn(C(c2ccc(C#N)cc2)c2ccc(C#N)cc2)n1.COC(c1ccc(C#N)cc1)(c1ccc(C#N)cc1)n1cncn1.COCc1ncc2n1C(c1ccc(C#N)cc1)CCC2. The number of carbonyl (C=O) groups excluding carboxylic acids is 1. The van der Waals surface area contributed by atoms with E-state index in [0.717, 1.165) is 91.2 Å². The fourth-order valence-corrected chi connectivity index (χ4v) is 16.7. The number of benzene rings is 9. The Morgan fingerprint density at radius 2 is 0.768 bits per heavy atom. The highest BCUT2D eigenvalue weighted by molar-refractivity contribution is 5.75. The molecule has 1 amide bonds. The van der Waals surface area contributed by atoms with Gasteiger partial charge in [0.2, 0.25) is 5.72 Å². The number of nitrogens with one attached hydrogen (secondary N) is 2. The Balaban J connectivity index is 0.000000140. The van der Waals surface area contributed by atoms with E-state index in [1.807, 2.05) is 123 Å². The zero-order chi connectivity index (χ0) is 97.2. The third-order valence-corrected chi connectivity index (χ3v) is 23.2. The van der Waals surface area contributed by atoms with Gasteiger partial charge in [0, 0.05) is 79.2 Å². The van der Waals surface area contributed by atoms with Gasteiger partial charge in [-0.05, 0) is 202 Å². The number of oxime groups is 2. The summed E-state index contributed by atoms with van der Waals surface area (Å²) >= 11 is 0. The van der Waals surface area contributed by atoms with Crippen LogP contribution in [0.4, 0.5) is 4.79 Å². The summed E-state index contributed by atoms with van der Waals surface area (Å²) in [5.74, 6) is 3.30. The predicted octanol–water partition coefficient (Wildman–Crippen LogP) is 15.1. The molecule has 2 N–H and O–H groups in total. The second-order valence-corrected chi connectivity index (χ2v) is 31.3. The second kappa shape index (κ2) is 47.6. The van der Waals surface area contributed by atoms with Crippen LogP contribution in [0.2, 0.25) is 0 Å². The maximum absolute atomic E-state index is 12.2. The molecule has 0 radical (unpaired) electrons. The molecule has 34 heteroatoms. The number of ether oxygens (including phenoxy) is 3. The molecule has 9 aromatic carbocycles. The maximum atomic E-state index is 12.2. The number of nitriles is 9. The van der Waals surface area contributed by atoms with E-state index in [-0.39, 0.29) is 12.1 Å². The lowest BCUT2D eigenvalue weighted by Crippen LogP contribution is -2.43. The summed E-state index contributed by atoms with van der Waals surface area (Å²) in [4.78, 5) is 47.3. The fraction of sp³-hybridized carbons (Fsp3) is 0.221. The first kappa shape index (κ1) is 97.1. The number of alkyl carbamates (subject to hydrolysis) is 1. The van der Waals surface area contributed by atoms with Crippen molar-refractivity contribution in [3.05, 3.63) is 409 Å². The summed E-state index contributed by atoms with van der Waals surface area (Å²) < 4.78 is 28.5. The molecule has 6 aromatic heterocycles. The van der Waals surface area contributed by atoms with Gasteiger partial charge in [0.25, 0.3) is 5.72 Å². The number of hydrogen-bond donors (Lipinski definition) is 2. The number of aryl methyl sites for hydroxylation is 3. The Morgan fingerprint density at radius 3 is 1.12 bits per heavy atom. The topological polar surface area (TPSA) is 472 Å². The standard InChI is InChI=1S/C19H14N6O2.C19H14N6O.C18H13N5O.C16H16N4O.C16H18N4.C16H17N3O/c1-22-18(26)27-19(25-13-23-12-24-25,16-6-2-14(10-20)3-7-16)17-8-4-15(11-21)5-9-17;1-26-23-12-18-22-13-25(24-18)19(16-6-2-14(10-20)3-7-16)17-8-4-15(11-21)5-9-17;1-24-18(23-13-21-12-22-23,16-6-2-14(10-19)3-7-16)17-8-4-15(11-20)5-9-17;1-21-19-11-16-18-10-14-3-2-4-15(20(14)16)13-7-5-12(9-17)6-8-13;1-18-11-16-19-10-14-3-2-4-15(20(14)16)13-7-5-12(9-17)6-8-13;1-20-11-16-18-10-14-3-2-4-15(19(14)16)13-7-5-12(9-17)6-8-13/h2-9,12-13H,1H3,(H,22,26);2-9,12-13,19H,1H3;2-9,12-13H,1H3;5-8,10-11,15H,2-4H2,1H3;5-8,10,15,18H,2-4,11H2,1H3;5-8,10,15H,2-4,11H2,1H3/b;23-12+;;19-11+;;. The summed E-state index contributed by atoms with van der Waals surface area (Å²) in [6.07, 6.45) is 25.6. The highest BCUT2D eigenvalue weighted by atomic mass is 16.6. The zero-order valence-corrected chi connectivity index (χ0v) is 76.2. The molecule has 3 aliphatic rings. The van der Waals surface area contributed by atoms with Gasteiger partial charge in [-0.3, -0.25) is 0 Å². The molecule has 0 bridgehead atoms. The van der Waals surface area contributed by atoms with Crippen molar-refractivity contribution in [3.8, 4) is 54.6 Å². The molecule has 0 aliphatic carbocycles. The molecule has 15 aromatic rings. The Hall–Kier alpha value is -18.5. The quantitative estimate of drug-likeness (QED) is 0.0470. The lowest BCUT2D eigenvalue weighted by molar-refractivity contribution is -0.0148. The molecule has 0 saturated heterocycles. The maximum Gasteiger partial charge on any atom is 0.409 e. The molecular weight excluding hydrogens is 1740 g/mol. The number of aromatic nitrogens is 15. The molecule has 0 spiro atoms.